The molecular weight excluding hydrogens is 397 g/mol. The third-order valence-electron chi connectivity index (χ3n) is 4.56. The van der Waals surface area contributed by atoms with E-state index in [4.69, 9.17) is 10.4 Å². The fraction of sp³-hybridized carbons (Fsp3) is 0.222. The minimum absolute atomic E-state index is 0.105. The van der Waals surface area contributed by atoms with Gasteiger partial charge in [0.2, 0.25) is 10.1 Å². The number of nitriles is 1. The second kappa shape index (κ2) is 7.76. The van der Waals surface area contributed by atoms with Gasteiger partial charge in [0.1, 0.15) is 18.8 Å². The van der Waals surface area contributed by atoms with Crippen molar-refractivity contribution in [2.45, 2.75) is 19.6 Å². The summed E-state index contributed by atoms with van der Waals surface area (Å²) in [5.41, 5.74) is 3.25. The Morgan fingerprint density at radius 3 is 2.97 bits per heavy atom. The van der Waals surface area contributed by atoms with Crippen LogP contribution in [0, 0.1) is 11.3 Å². The zero-order chi connectivity index (χ0) is 20.4. The molecule has 11 heteroatoms. The molecule has 0 saturated carbocycles. The summed E-state index contributed by atoms with van der Waals surface area (Å²) in [5.74, 6) is -0.571. The van der Waals surface area contributed by atoms with Crippen LogP contribution in [-0.4, -0.2) is 37.8 Å². The van der Waals surface area contributed by atoms with E-state index in [1.807, 2.05) is 6.07 Å². The SMILES string of the molecule is N#Cc1ccc(N2CCc3c(ncnc3Nc3nnc(C(=O)O)s3)C2)cc1CF. The Morgan fingerprint density at radius 1 is 1.38 bits per heavy atom. The minimum Gasteiger partial charge on any atom is -0.476 e. The summed E-state index contributed by atoms with van der Waals surface area (Å²) in [6.45, 7) is 0.460. The van der Waals surface area contributed by atoms with Gasteiger partial charge in [0.25, 0.3) is 0 Å². The molecule has 0 atom stereocenters. The molecule has 0 fully saturated rings. The zero-order valence-electron chi connectivity index (χ0n) is 15.0. The van der Waals surface area contributed by atoms with Gasteiger partial charge in [-0.25, -0.2) is 19.2 Å². The number of nitrogens with zero attached hydrogens (tertiary/aromatic N) is 6. The molecule has 0 aliphatic carbocycles. The van der Waals surface area contributed by atoms with E-state index in [1.54, 1.807) is 18.2 Å². The summed E-state index contributed by atoms with van der Waals surface area (Å²) in [4.78, 5) is 21.6. The van der Waals surface area contributed by atoms with Crippen molar-refractivity contribution in [2.75, 3.05) is 16.8 Å². The van der Waals surface area contributed by atoms with Crippen molar-refractivity contribution in [3.63, 3.8) is 0 Å². The Bertz CT molecular complexity index is 1130. The summed E-state index contributed by atoms with van der Waals surface area (Å²) in [6.07, 6.45) is 2.06. The first-order valence-corrected chi connectivity index (χ1v) is 9.41. The molecule has 4 rings (SSSR count). The molecule has 0 bridgehead atoms. The van der Waals surface area contributed by atoms with Crippen molar-refractivity contribution < 1.29 is 14.3 Å². The van der Waals surface area contributed by atoms with E-state index >= 15 is 0 Å². The van der Waals surface area contributed by atoms with Gasteiger partial charge in [-0.2, -0.15) is 5.26 Å². The van der Waals surface area contributed by atoms with E-state index in [9.17, 15) is 9.18 Å². The second-order valence-electron chi connectivity index (χ2n) is 6.25. The van der Waals surface area contributed by atoms with Crippen molar-refractivity contribution in [1.29, 1.82) is 5.26 Å². The monoisotopic (exact) mass is 411 g/mol. The highest BCUT2D eigenvalue weighted by atomic mass is 32.1. The average Bonchev–Trinajstić information content (AvgIpc) is 3.22. The van der Waals surface area contributed by atoms with Gasteiger partial charge in [0, 0.05) is 23.4 Å². The van der Waals surface area contributed by atoms with E-state index in [-0.39, 0.29) is 5.01 Å². The summed E-state index contributed by atoms with van der Waals surface area (Å²) < 4.78 is 13.2. The van der Waals surface area contributed by atoms with E-state index in [2.05, 4.69) is 30.4 Å². The average molecular weight is 411 g/mol. The number of hydrogen-bond acceptors (Lipinski definition) is 9. The van der Waals surface area contributed by atoms with Crippen LogP contribution in [0.4, 0.5) is 21.0 Å². The summed E-state index contributed by atoms with van der Waals surface area (Å²) in [5, 5.41) is 28.7. The van der Waals surface area contributed by atoms with Crippen molar-refractivity contribution in [3.05, 3.63) is 51.9 Å². The van der Waals surface area contributed by atoms with Gasteiger partial charge in [-0.05, 0) is 24.6 Å². The molecule has 29 heavy (non-hydrogen) atoms. The molecule has 0 unspecified atom stereocenters. The molecule has 3 aromatic rings. The lowest BCUT2D eigenvalue weighted by atomic mass is 10.0. The molecule has 1 aromatic carbocycles. The number of carboxylic acids is 1. The van der Waals surface area contributed by atoms with Gasteiger partial charge in [-0.3, -0.25) is 0 Å². The lowest BCUT2D eigenvalue weighted by molar-refractivity contribution is 0.0695. The van der Waals surface area contributed by atoms with Crippen molar-refractivity contribution in [3.8, 4) is 6.07 Å². The van der Waals surface area contributed by atoms with Crippen LogP contribution in [0.3, 0.4) is 0 Å². The van der Waals surface area contributed by atoms with Gasteiger partial charge < -0.3 is 15.3 Å². The van der Waals surface area contributed by atoms with E-state index in [1.165, 1.54) is 6.33 Å². The number of benzene rings is 1. The Kier molecular flexibility index (Phi) is 5.01. The highest BCUT2D eigenvalue weighted by Gasteiger charge is 2.23. The van der Waals surface area contributed by atoms with Crippen molar-refractivity contribution in [2.24, 2.45) is 0 Å². The molecule has 146 valence electrons. The number of nitrogens with one attached hydrogen (secondary N) is 1. The van der Waals surface area contributed by atoms with Crippen LogP contribution in [0.1, 0.15) is 32.2 Å². The van der Waals surface area contributed by atoms with E-state index in [0.717, 1.165) is 28.3 Å². The number of anilines is 3. The predicted molar refractivity (Wildman–Crippen MR) is 103 cm³/mol. The van der Waals surface area contributed by atoms with Crippen molar-refractivity contribution >= 4 is 33.9 Å². The van der Waals surface area contributed by atoms with Crippen LogP contribution in [0.15, 0.2) is 24.5 Å². The standard InChI is InChI=1S/C18H14FN7O2S/c19-6-11-5-12(2-1-10(11)7-20)26-4-3-13-14(8-26)21-9-22-15(13)23-18-25-24-16(29-18)17(27)28/h1-2,5,9H,3-4,6,8H2,(H,27,28)(H,21,22,23,25). The first kappa shape index (κ1) is 18.7. The van der Waals surface area contributed by atoms with Crippen LogP contribution in [0.5, 0.6) is 0 Å². The maximum atomic E-state index is 13.2. The van der Waals surface area contributed by atoms with E-state index < -0.39 is 12.6 Å². The van der Waals surface area contributed by atoms with Crippen molar-refractivity contribution in [1.82, 2.24) is 20.2 Å². The Labute approximate surface area is 168 Å². The molecule has 0 saturated heterocycles. The molecule has 0 spiro atoms. The molecule has 1 aliphatic rings. The highest BCUT2D eigenvalue weighted by molar-refractivity contribution is 7.17. The number of alkyl halides is 1. The lowest BCUT2D eigenvalue weighted by Gasteiger charge is -2.31. The van der Waals surface area contributed by atoms with E-state index in [0.29, 0.717) is 41.6 Å². The number of rotatable bonds is 5. The first-order chi connectivity index (χ1) is 14.1. The number of halogens is 1. The number of hydrogen-bond donors (Lipinski definition) is 2. The molecule has 1 aliphatic heterocycles. The second-order valence-corrected chi connectivity index (χ2v) is 7.23. The quantitative estimate of drug-likeness (QED) is 0.651. The zero-order valence-corrected chi connectivity index (χ0v) is 15.8. The molecular formula is C18H14FN7O2S. The molecule has 2 N–H and O–H groups in total. The van der Waals surface area contributed by atoms with Crippen LogP contribution < -0.4 is 10.2 Å². The van der Waals surface area contributed by atoms with Gasteiger partial charge >= 0.3 is 5.97 Å². The maximum Gasteiger partial charge on any atom is 0.367 e. The fourth-order valence-corrected chi connectivity index (χ4v) is 3.72. The number of aromatic nitrogens is 4. The first-order valence-electron chi connectivity index (χ1n) is 8.59. The van der Waals surface area contributed by atoms with Gasteiger partial charge in [0.15, 0.2) is 0 Å². The largest absolute Gasteiger partial charge is 0.476 e. The number of carboxylic acid groups (broad SMARTS) is 1. The van der Waals surface area contributed by atoms with Gasteiger partial charge in [-0.15, -0.1) is 10.2 Å². The normalized spacial score (nSPS) is 12.9. The molecule has 2 aromatic heterocycles. The Balaban J connectivity index is 1.57. The number of carbonyl (C=O) groups is 1. The minimum atomic E-state index is -1.13. The Hall–Kier alpha value is -3.65. The van der Waals surface area contributed by atoms with Gasteiger partial charge in [-0.1, -0.05) is 11.3 Å². The van der Waals surface area contributed by atoms with Gasteiger partial charge in [0.05, 0.1) is 23.9 Å². The highest BCUT2D eigenvalue weighted by Crippen LogP contribution is 2.30. The molecule has 3 heterocycles. The molecule has 0 amide bonds. The molecule has 0 radical (unpaired) electrons. The third kappa shape index (κ3) is 3.70. The van der Waals surface area contributed by atoms with Crippen LogP contribution in [0.25, 0.3) is 0 Å². The van der Waals surface area contributed by atoms with Crippen LogP contribution in [0.2, 0.25) is 0 Å². The summed E-state index contributed by atoms with van der Waals surface area (Å²) in [6, 6.07) is 7.12. The van der Waals surface area contributed by atoms with Crippen LogP contribution in [-0.2, 0) is 19.6 Å². The summed E-state index contributed by atoms with van der Waals surface area (Å²) >= 11 is 0.926. The fourth-order valence-electron chi connectivity index (χ4n) is 3.14. The number of aromatic carboxylic acids is 1. The topological polar surface area (TPSA) is 128 Å². The summed E-state index contributed by atoms with van der Waals surface area (Å²) in [7, 11) is 0. The Morgan fingerprint density at radius 2 is 2.24 bits per heavy atom. The molecule has 9 nitrogen and oxygen atoms in total. The smallest absolute Gasteiger partial charge is 0.367 e. The lowest BCUT2D eigenvalue weighted by Crippen LogP contribution is -2.31. The third-order valence-corrected chi connectivity index (χ3v) is 5.39. The predicted octanol–water partition coefficient (Wildman–Crippen LogP) is 2.67. The number of fused-ring (bicyclic) bond motifs is 1. The maximum absolute atomic E-state index is 13.2. The van der Waals surface area contributed by atoms with Crippen LogP contribution >= 0.6 is 11.3 Å².